The molecule has 4 N–H and O–H groups in total. The minimum atomic E-state index is -4.12. The molecule has 164 valence electrons. The largest absolute Gasteiger partial charge is 0.507 e. The van der Waals surface area contributed by atoms with Crippen molar-refractivity contribution in [3.63, 3.8) is 0 Å². The first kappa shape index (κ1) is 20.9. The van der Waals surface area contributed by atoms with Crippen LogP contribution in [-0.4, -0.2) is 50.3 Å². The maximum absolute atomic E-state index is 12.8. The van der Waals surface area contributed by atoms with Gasteiger partial charge in [0, 0.05) is 24.7 Å². The number of fused-ring (bicyclic) bond motifs is 3. The highest BCUT2D eigenvalue weighted by Gasteiger charge is 2.41. The van der Waals surface area contributed by atoms with E-state index in [1.807, 2.05) is 13.0 Å². The molecular weight excluding hydrogens is 399 g/mol. The lowest BCUT2D eigenvalue weighted by Gasteiger charge is -2.31. The van der Waals surface area contributed by atoms with Crippen molar-refractivity contribution in [3.8, 4) is 0 Å². The molecule has 2 aromatic heterocycles. The first-order valence-electron chi connectivity index (χ1n) is 10.2. The van der Waals surface area contributed by atoms with Gasteiger partial charge in [-0.15, -0.1) is 0 Å². The molecule has 30 heavy (non-hydrogen) atoms. The van der Waals surface area contributed by atoms with E-state index in [1.165, 1.54) is 0 Å². The van der Waals surface area contributed by atoms with Crippen LogP contribution in [-0.2, 0) is 0 Å². The molecule has 0 saturated heterocycles. The molecule has 1 unspecified atom stereocenters. The van der Waals surface area contributed by atoms with E-state index in [0.29, 0.717) is 47.7 Å². The first-order chi connectivity index (χ1) is 14.1. The number of alkyl halides is 3. The fraction of sp³-hybridized carbons (Fsp3) is 0.600. The van der Waals surface area contributed by atoms with Crippen LogP contribution in [0.4, 0.5) is 19.0 Å². The number of aliphatic hydroxyl groups excluding tert-OH is 2. The molecule has 1 aliphatic carbocycles. The van der Waals surface area contributed by atoms with Crippen molar-refractivity contribution >= 4 is 17.2 Å². The van der Waals surface area contributed by atoms with E-state index in [-0.39, 0.29) is 31.1 Å². The second-order valence-electron chi connectivity index (χ2n) is 8.27. The molecule has 2 aromatic rings. The number of rotatable bonds is 4. The second-order valence-corrected chi connectivity index (χ2v) is 8.27. The van der Waals surface area contributed by atoms with Crippen LogP contribution in [0, 0.1) is 25.7 Å². The van der Waals surface area contributed by atoms with E-state index in [9.17, 15) is 23.4 Å². The minimum absolute atomic E-state index is 0.0513. The molecule has 0 spiro atoms. The Kier molecular flexibility index (Phi) is 5.39. The van der Waals surface area contributed by atoms with Crippen molar-refractivity contribution in [2.75, 3.05) is 18.4 Å². The normalized spacial score (nSPS) is 23.4. The van der Waals surface area contributed by atoms with Crippen molar-refractivity contribution in [2.45, 2.75) is 51.9 Å². The summed E-state index contributed by atoms with van der Waals surface area (Å²) >= 11 is 0. The molecule has 1 aliphatic heterocycles. The topological polar surface area (TPSA) is 94.7 Å². The van der Waals surface area contributed by atoms with Gasteiger partial charge in [-0.2, -0.15) is 22.8 Å². The van der Waals surface area contributed by atoms with Gasteiger partial charge in [0.2, 0.25) is 0 Å². The van der Waals surface area contributed by atoms with E-state index < -0.39 is 18.3 Å². The number of nitrogens with zero attached hydrogens (tertiary/aromatic N) is 3. The summed E-state index contributed by atoms with van der Waals surface area (Å²) in [5.74, 6) is -0.586. The Morgan fingerprint density at radius 3 is 2.63 bits per heavy atom. The molecule has 0 aromatic carbocycles. The number of aryl methyl sites for hydroxylation is 2. The average molecular weight is 425 g/mol. The van der Waals surface area contributed by atoms with Gasteiger partial charge in [0.15, 0.2) is 5.65 Å². The third-order valence-electron chi connectivity index (χ3n) is 6.13. The summed E-state index contributed by atoms with van der Waals surface area (Å²) in [4.78, 5) is 4.47. The smallest absolute Gasteiger partial charge is 0.391 e. The average Bonchev–Trinajstić information content (AvgIpc) is 3.06. The summed E-state index contributed by atoms with van der Waals surface area (Å²) in [6, 6.07) is 1.84. The molecule has 1 saturated carbocycles. The number of aliphatic hydroxyl groups is 2. The number of aromatic nitrogens is 3. The molecule has 0 radical (unpaired) electrons. The van der Waals surface area contributed by atoms with E-state index in [0.717, 1.165) is 5.69 Å². The monoisotopic (exact) mass is 425 g/mol. The summed E-state index contributed by atoms with van der Waals surface area (Å²) in [6.45, 7) is 4.24. The van der Waals surface area contributed by atoms with Gasteiger partial charge in [-0.05, 0) is 45.4 Å². The molecule has 0 bridgehead atoms. The second kappa shape index (κ2) is 7.73. The molecule has 7 nitrogen and oxygen atoms in total. The van der Waals surface area contributed by atoms with Crippen LogP contribution in [0.15, 0.2) is 11.6 Å². The zero-order valence-electron chi connectivity index (χ0n) is 16.9. The quantitative estimate of drug-likeness (QED) is 0.562. The molecular formula is C20H26F3N5O2. The maximum atomic E-state index is 12.8. The van der Waals surface area contributed by atoms with Crippen LogP contribution in [0.3, 0.4) is 0 Å². The summed E-state index contributed by atoms with van der Waals surface area (Å²) < 4.78 is 40.1. The number of anilines is 1. The van der Waals surface area contributed by atoms with E-state index >= 15 is 0 Å². The van der Waals surface area contributed by atoms with Crippen LogP contribution in [0.5, 0.6) is 0 Å². The number of hydrogen-bond donors (Lipinski definition) is 4. The van der Waals surface area contributed by atoms with Crippen molar-refractivity contribution in [1.82, 2.24) is 19.9 Å². The Morgan fingerprint density at radius 1 is 1.27 bits per heavy atom. The van der Waals surface area contributed by atoms with E-state index in [2.05, 4.69) is 20.7 Å². The van der Waals surface area contributed by atoms with Gasteiger partial charge in [-0.25, -0.2) is 4.98 Å². The predicted octanol–water partition coefficient (Wildman–Crippen LogP) is 3.32. The van der Waals surface area contributed by atoms with Gasteiger partial charge in [0.1, 0.15) is 17.8 Å². The van der Waals surface area contributed by atoms with Crippen LogP contribution in [0.2, 0.25) is 0 Å². The lowest BCUT2D eigenvalue weighted by atomic mass is 9.81. The molecule has 2 aliphatic rings. The SMILES string of the molecule is Cc1cc2nc(C)c3c(n2n1)NCC(C(O)NCC1CCC(C(F)(F)F)CC1)=C3O. The van der Waals surface area contributed by atoms with Crippen molar-refractivity contribution < 1.29 is 23.4 Å². The molecule has 3 heterocycles. The fourth-order valence-corrected chi connectivity index (χ4v) is 4.43. The van der Waals surface area contributed by atoms with Gasteiger partial charge in [0.25, 0.3) is 0 Å². The molecule has 10 heteroatoms. The van der Waals surface area contributed by atoms with Gasteiger partial charge in [-0.1, -0.05) is 0 Å². The zero-order valence-corrected chi connectivity index (χ0v) is 16.9. The molecule has 1 atom stereocenters. The molecule has 0 amide bonds. The Morgan fingerprint density at radius 2 is 1.97 bits per heavy atom. The summed E-state index contributed by atoms with van der Waals surface area (Å²) in [5, 5.41) is 32.0. The highest BCUT2D eigenvalue weighted by atomic mass is 19.4. The van der Waals surface area contributed by atoms with Crippen LogP contribution >= 0.6 is 0 Å². The fourth-order valence-electron chi connectivity index (χ4n) is 4.43. The van der Waals surface area contributed by atoms with Gasteiger partial charge in [0.05, 0.1) is 22.9 Å². The number of halogens is 3. The number of hydrogen-bond acceptors (Lipinski definition) is 6. The minimum Gasteiger partial charge on any atom is -0.507 e. The summed E-state index contributed by atoms with van der Waals surface area (Å²) in [7, 11) is 0. The Balaban J connectivity index is 1.46. The van der Waals surface area contributed by atoms with Crippen molar-refractivity contribution in [3.05, 3.63) is 28.6 Å². The lowest BCUT2D eigenvalue weighted by Crippen LogP contribution is -2.40. The number of nitrogens with one attached hydrogen (secondary N) is 2. The predicted molar refractivity (Wildman–Crippen MR) is 106 cm³/mol. The first-order valence-corrected chi connectivity index (χ1v) is 10.2. The highest BCUT2D eigenvalue weighted by Crippen LogP contribution is 2.39. The molecule has 1 fully saturated rings. The third-order valence-corrected chi connectivity index (χ3v) is 6.13. The Bertz CT molecular complexity index is 977. The summed E-state index contributed by atoms with van der Waals surface area (Å²) in [6.07, 6.45) is -4.05. The Hall–Kier alpha value is -2.33. The van der Waals surface area contributed by atoms with Crippen LogP contribution in [0.25, 0.3) is 11.4 Å². The van der Waals surface area contributed by atoms with Gasteiger partial charge >= 0.3 is 6.18 Å². The van der Waals surface area contributed by atoms with Crippen LogP contribution in [0.1, 0.15) is 42.6 Å². The van der Waals surface area contributed by atoms with Crippen molar-refractivity contribution in [1.29, 1.82) is 0 Å². The van der Waals surface area contributed by atoms with Crippen LogP contribution < -0.4 is 10.6 Å². The summed E-state index contributed by atoms with van der Waals surface area (Å²) in [5.41, 5.74) is 2.93. The lowest BCUT2D eigenvalue weighted by molar-refractivity contribution is -0.183. The van der Waals surface area contributed by atoms with E-state index in [4.69, 9.17) is 0 Å². The standard InChI is InChI=1S/C20H26F3N5O2/c1-10-7-15-26-11(2)16-17(29)14(9-24-18(16)28(15)27-10)19(30)25-8-12-3-5-13(6-4-12)20(21,22)23/h7,12-13,19,24-25,29-30H,3-6,8-9H2,1-2H3. The maximum Gasteiger partial charge on any atom is 0.391 e. The van der Waals surface area contributed by atoms with Crippen molar-refractivity contribution in [2.24, 2.45) is 11.8 Å². The third kappa shape index (κ3) is 3.85. The zero-order chi connectivity index (χ0) is 21.6. The van der Waals surface area contributed by atoms with Gasteiger partial charge in [-0.3, -0.25) is 5.32 Å². The highest BCUT2D eigenvalue weighted by molar-refractivity contribution is 5.78. The van der Waals surface area contributed by atoms with Gasteiger partial charge < -0.3 is 15.5 Å². The Labute approximate surface area is 172 Å². The molecule has 4 rings (SSSR count). The van der Waals surface area contributed by atoms with E-state index in [1.54, 1.807) is 11.4 Å².